The quantitative estimate of drug-likeness (QED) is 0.804. The molecule has 1 heterocycles. The van der Waals surface area contributed by atoms with Gasteiger partial charge < -0.3 is 9.84 Å². The fraction of sp³-hybridized carbons (Fsp3) is 0.929. The lowest BCUT2D eigenvalue weighted by atomic mass is 10.0. The number of hydrogen-bond donors (Lipinski definition) is 1. The van der Waals surface area contributed by atoms with Crippen LogP contribution in [-0.4, -0.2) is 54.8 Å². The fourth-order valence-electron chi connectivity index (χ4n) is 3.14. The van der Waals surface area contributed by atoms with Crippen molar-refractivity contribution >= 4 is 16.0 Å². The summed E-state index contributed by atoms with van der Waals surface area (Å²) in [6, 6.07) is 0. The van der Waals surface area contributed by atoms with Crippen molar-refractivity contribution in [3.63, 3.8) is 0 Å². The van der Waals surface area contributed by atoms with Crippen molar-refractivity contribution < 1.29 is 23.1 Å². The Hall–Kier alpha value is -0.660. The second kappa shape index (κ2) is 7.56. The average molecular weight is 319 g/mol. The van der Waals surface area contributed by atoms with Gasteiger partial charge in [0.05, 0.1) is 24.4 Å². The molecule has 7 heteroatoms. The molecule has 2 rings (SSSR count). The summed E-state index contributed by atoms with van der Waals surface area (Å²) in [7, 11) is -3.16. The van der Waals surface area contributed by atoms with Gasteiger partial charge in [-0.3, -0.25) is 4.79 Å². The van der Waals surface area contributed by atoms with E-state index in [1.807, 2.05) is 0 Å². The van der Waals surface area contributed by atoms with E-state index in [1.165, 1.54) is 0 Å². The number of aliphatic carboxylic acids is 1. The zero-order valence-electron chi connectivity index (χ0n) is 12.4. The van der Waals surface area contributed by atoms with Gasteiger partial charge in [0.2, 0.25) is 10.0 Å². The molecule has 1 saturated heterocycles. The second-order valence-corrected chi connectivity index (χ2v) is 8.13. The van der Waals surface area contributed by atoms with Crippen molar-refractivity contribution in [3.05, 3.63) is 0 Å². The van der Waals surface area contributed by atoms with Crippen LogP contribution >= 0.6 is 0 Å². The summed E-state index contributed by atoms with van der Waals surface area (Å²) in [5, 5.41) is 8.37. The van der Waals surface area contributed by atoms with Gasteiger partial charge in [0.1, 0.15) is 0 Å². The predicted molar refractivity (Wildman–Crippen MR) is 78.6 cm³/mol. The van der Waals surface area contributed by atoms with E-state index in [4.69, 9.17) is 9.84 Å². The van der Waals surface area contributed by atoms with E-state index in [9.17, 15) is 13.2 Å². The van der Waals surface area contributed by atoms with Crippen molar-refractivity contribution in [1.82, 2.24) is 4.31 Å². The number of hydrogen-bond acceptors (Lipinski definition) is 4. The van der Waals surface area contributed by atoms with Crippen molar-refractivity contribution in [1.29, 1.82) is 0 Å². The van der Waals surface area contributed by atoms with Crippen LogP contribution in [0.5, 0.6) is 0 Å². The molecule has 0 bridgehead atoms. The molecule has 2 fully saturated rings. The van der Waals surface area contributed by atoms with E-state index in [-0.39, 0.29) is 24.4 Å². The Morgan fingerprint density at radius 2 is 1.71 bits per heavy atom. The van der Waals surface area contributed by atoms with Crippen molar-refractivity contribution in [2.24, 2.45) is 0 Å². The van der Waals surface area contributed by atoms with Gasteiger partial charge in [-0.25, -0.2) is 12.7 Å². The predicted octanol–water partition coefficient (Wildman–Crippen LogP) is 1.60. The molecule has 21 heavy (non-hydrogen) atoms. The standard InChI is InChI=1S/C14H25NO5S/c16-14(17)8-11-20-12-6-9-15(10-7-12)21(18,19)13-4-2-1-3-5-13/h12-13H,1-11H2,(H,16,17). The summed E-state index contributed by atoms with van der Waals surface area (Å²) in [4.78, 5) is 10.4. The minimum Gasteiger partial charge on any atom is -0.481 e. The summed E-state index contributed by atoms with van der Waals surface area (Å²) >= 11 is 0. The Labute approximate surface area is 126 Å². The Kier molecular flexibility index (Phi) is 6.01. The third kappa shape index (κ3) is 4.66. The number of nitrogens with zero attached hydrogens (tertiary/aromatic N) is 1. The molecule has 122 valence electrons. The number of rotatable bonds is 6. The van der Waals surface area contributed by atoms with E-state index in [0.717, 1.165) is 32.1 Å². The highest BCUT2D eigenvalue weighted by atomic mass is 32.2. The van der Waals surface area contributed by atoms with Crippen LogP contribution in [0.4, 0.5) is 0 Å². The molecule has 0 aromatic heterocycles. The topological polar surface area (TPSA) is 83.9 Å². The Balaban J connectivity index is 1.78. The number of carbonyl (C=O) groups is 1. The molecule has 0 amide bonds. The third-order valence-corrected chi connectivity index (χ3v) is 6.80. The maximum atomic E-state index is 12.6. The van der Waals surface area contributed by atoms with Gasteiger partial charge in [0.15, 0.2) is 0 Å². The molecule has 1 aliphatic carbocycles. The first kappa shape index (κ1) is 16.7. The number of carboxylic acid groups (broad SMARTS) is 1. The van der Waals surface area contributed by atoms with Gasteiger partial charge >= 0.3 is 5.97 Å². The van der Waals surface area contributed by atoms with E-state index < -0.39 is 16.0 Å². The molecule has 1 aliphatic heterocycles. The van der Waals surface area contributed by atoms with Crippen LogP contribution in [0.25, 0.3) is 0 Å². The molecular weight excluding hydrogens is 294 g/mol. The Morgan fingerprint density at radius 1 is 1.10 bits per heavy atom. The molecular formula is C14H25NO5S. The molecule has 1 saturated carbocycles. The van der Waals surface area contributed by atoms with Gasteiger partial charge in [-0.05, 0) is 25.7 Å². The van der Waals surface area contributed by atoms with Gasteiger partial charge in [-0.1, -0.05) is 19.3 Å². The van der Waals surface area contributed by atoms with Gasteiger partial charge in [0.25, 0.3) is 0 Å². The van der Waals surface area contributed by atoms with Gasteiger partial charge in [0, 0.05) is 13.1 Å². The smallest absolute Gasteiger partial charge is 0.305 e. The van der Waals surface area contributed by atoms with Crippen molar-refractivity contribution in [2.75, 3.05) is 19.7 Å². The lowest BCUT2D eigenvalue weighted by Crippen LogP contribution is -2.45. The lowest BCUT2D eigenvalue weighted by Gasteiger charge is -2.34. The molecule has 6 nitrogen and oxygen atoms in total. The molecule has 0 spiro atoms. The molecule has 0 aromatic carbocycles. The molecule has 0 radical (unpaired) electrons. The summed E-state index contributed by atoms with van der Waals surface area (Å²) in [5.41, 5.74) is 0. The molecule has 0 aromatic rings. The number of sulfonamides is 1. The van der Waals surface area contributed by atoms with Crippen LogP contribution in [0.2, 0.25) is 0 Å². The van der Waals surface area contributed by atoms with E-state index in [0.29, 0.717) is 25.9 Å². The SMILES string of the molecule is O=C(O)CCOC1CCN(S(=O)(=O)C2CCCCC2)CC1. The minimum absolute atomic E-state index is 0.000582. The van der Waals surface area contributed by atoms with Crippen molar-refractivity contribution in [2.45, 2.75) is 62.7 Å². The highest BCUT2D eigenvalue weighted by Crippen LogP contribution is 2.28. The number of piperidine rings is 1. The monoisotopic (exact) mass is 319 g/mol. The van der Waals surface area contributed by atoms with Gasteiger partial charge in [-0.15, -0.1) is 0 Å². The molecule has 0 unspecified atom stereocenters. The van der Waals surface area contributed by atoms with Crippen LogP contribution < -0.4 is 0 Å². The van der Waals surface area contributed by atoms with Crippen LogP contribution in [0.3, 0.4) is 0 Å². The summed E-state index contributed by atoms with van der Waals surface area (Å²) in [6.45, 7) is 1.20. The summed E-state index contributed by atoms with van der Waals surface area (Å²) in [5.74, 6) is -0.868. The number of ether oxygens (including phenoxy) is 1. The fourth-order valence-corrected chi connectivity index (χ4v) is 5.21. The first-order valence-corrected chi connectivity index (χ1v) is 9.33. The van der Waals surface area contributed by atoms with E-state index in [2.05, 4.69) is 0 Å². The zero-order chi connectivity index (χ0) is 15.3. The lowest BCUT2D eigenvalue weighted by molar-refractivity contribution is -0.138. The van der Waals surface area contributed by atoms with E-state index >= 15 is 0 Å². The van der Waals surface area contributed by atoms with E-state index in [1.54, 1.807) is 4.31 Å². The number of carboxylic acids is 1. The summed E-state index contributed by atoms with van der Waals surface area (Å²) in [6.07, 6.45) is 6.05. The highest BCUT2D eigenvalue weighted by molar-refractivity contribution is 7.89. The maximum Gasteiger partial charge on any atom is 0.305 e. The third-order valence-electron chi connectivity index (χ3n) is 4.40. The highest BCUT2D eigenvalue weighted by Gasteiger charge is 2.35. The van der Waals surface area contributed by atoms with Crippen LogP contribution in [0.1, 0.15) is 51.4 Å². The first-order valence-electron chi connectivity index (χ1n) is 7.82. The molecule has 1 N–H and O–H groups in total. The Morgan fingerprint density at radius 3 is 2.29 bits per heavy atom. The zero-order valence-corrected chi connectivity index (χ0v) is 13.2. The largest absolute Gasteiger partial charge is 0.481 e. The minimum atomic E-state index is -3.16. The maximum absolute atomic E-state index is 12.6. The van der Waals surface area contributed by atoms with Gasteiger partial charge in [-0.2, -0.15) is 0 Å². The van der Waals surface area contributed by atoms with Crippen LogP contribution in [0.15, 0.2) is 0 Å². The second-order valence-electron chi connectivity index (χ2n) is 5.92. The van der Waals surface area contributed by atoms with Crippen LogP contribution in [-0.2, 0) is 19.6 Å². The van der Waals surface area contributed by atoms with Crippen molar-refractivity contribution in [3.8, 4) is 0 Å². The molecule has 0 atom stereocenters. The Bertz CT molecular complexity index is 436. The van der Waals surface area contributed by atoms with Crippen LogP contribution in [0, 0.1) is 0 Å². The normalized spacial score (nSPS) is 23.2. The average Bonchev–Trinajstić information content (AvgIpc) is 2.48. The summed E-state index contributed by atoms with van der Waals surface area (Å²) < 4.78 is 32.2. The molecule has 2 aliphatic rings. The first-order chi connectivity index (χ1) is 10.00.